The lowest BCUT2D eigenvalue weighted by Crippen LogP contribution is -2.35. The molecule has 0 spiro atoms. The summed E-state index contributed by atoms with van der Waals surface area (Å²) in [5.74, 6) is 15.9. The molecule has 18 atom stereocenters. The summed E-state index contributed by atoms with van der Waals surface area (Å²) >= 11 is 0. The minimum Gasteiger partial charge on any atom is -0.490 e. The molecular weight excluding hydrogens is 1840 g/mol. The van der Waals surface area contributed by atoms with Gasteiger partial charge in [-0.3, -0.25) is 9.97 Å². The van der Waals surface area contributed by atoms with E-state index in [1.54, 1.807) is 0 Å². The SMILES string of the molecule is Cc1ccc(CCCC(C)C2CCCC(Oc3cccc(C)c3)C2)cc1.Cc1cccc(OC2CCCC(C(C)CNCC3CCCCC3)C2)c1.Cc1cccc(OC2CCCC(C(C)CNCc3ccccc3)C2)c1.Cc1cccc(OC2CCCC(C(C)CNCc3ccccc3)C2)c1.Cc1cccc(OC2CCCC(C(C)CNCc3ccccn3)C2)c1.Cc1cccc(OC2CCCC(C(C)CNc3ccncc3)C2)c1. The summed E-state index contributed by atoms with van der Waals surface area (Å²) in [6, 6.07) is 91.1. The summed E-state index contributed by atoms with van der Waals surface area (Å²) in [7, 11) is 0. The van der Waals surface area contributed by atoms with E-state index in [4.69, 9.17) is 28.4 Å². The highest BCUT2D eigenvalue weighted by atomic mass is 16.5. The Kier molecular flexibility index (Phi) is 50.9. The predicted octanol–water partition coefficient (Wildman–Crippen LogP) is 33.2. The molecule has 7 saturated carbocycles. The average molecular weight is 2030 g/mol. The van der Waals surface area contributed by atoms with Crippen molar-refractivity contribution in [2.45, 2.75) is 352 Å². The van der Waals surface area contributed by atoms with Crippen molar-refractivity contribution in [1.82, 2.24) is 31.2 Å². The van der Waals surface area contributed by atoms with E-state index in [2.05, 4.69) is 363 Å². The monoisotopic (exact) mass is 2030 g/mol. The number of anilines is 1. The van der Waals surface area contributed by atoms with Crippen LogP contribution in [0.25, 0.3) is 0 Å². The van der Waals surface area contributed by atoms with Gasteiger partial charge in [0.25, 0.3) is 0 Å². The number of rotatable bonds is 41. The Labute approximate surface area is 908 Å². The van der Waals surface area contributed by atoms with Crippen LogP contribution in [-0.2, 0) is 26.1 Å². The van der Waals surface area contributed by atoms with Gasteiger partial charge in [0.05, 0.1) is 42.3 Å². The molecule has 13 nitrogen and oxygen atoms in total. The second-order valence-electron chi connectivity index (χ2n) is 46.6. The van der Waals surface area contributed by atoms with E-state index in [0.717, 1.165) is 151 Å². The lowest BCUT2D eigenvalue weighted by molar-refractivity contribution is 0.0996. The fraction of sp³-hybridized carbons (Fsp3) is 0.533. The molecule has 2 aromatic heterocycles. The summed E-state index contributed by atoms with van der Waals surface area (Å²) in [6.07, 6.45) is 48.9. The molecule has 810 valence electrons. The highest BCUT2D eigenvalue weighted by Crippen LogP contribution is 2.41. The Hall–Kier alpha value is -10.3. The standard InChI is InChI=1S/C25H34O.C23H37NO.2C23H31NO.C22H30N2O.C21H28N2O/c1-19-13-15-22(16-14-19)9-5-8-21(3)23-10-6-12-25(18-23)26-24-11-4-7-20(2)17-24;3*1-18-8-6-12-22(14-18)25-23-13-7-11-21(15-23)19(2)16-24-17-20-9-4-3-5-10-20;1-17-7-5-10-21(13-17)25-22-11-6-8-19(14-22)18(2)15-23-16-20-9-3-4-12-24-20;1-16-5-3-7-20(13-16)24-21-8-4-6-18(14-21)17(2)15-23-19-9-11-22-12-10-19/h4,7,11,13-17,21,23,25H,5-6,8-10,12,18H2,1-3H3;6,8,12,14,19-21,23-24H,3-5,7,9-11,13,15-17H2,1-2H3;2*3-6,8-10,12,14,19,21,23-24H,7,11,13,15-17H2,1-2H3;3-5,7,9-10,12-13,18-19,22-23H,6,8,11,14-16H2,1-2H3;3,5,7,9-13,17-18,21H,4,6,8,14-15H2,1-2H3,(H,22,23). The first-order chi connectivity index (χ1) is 73.1. The molecule has 2 heterocycles. The summed E-state index contributed by atoms with van der Waals surface area (Å²) < 4.78 is 37.6. The minimum atomic E-state index is 0.355. The zero-order valence-corrected chi connectivity index (χ0v) is 94.4. The van der Waals surface area contributed by atoms with Crippen LogP contribution in [0.15, 0.2) is 279 Å². The molecule has 7 aliphatic rings. The molecule has 9 aromatic carbocycles. The van der Waals surface area contributed by atoms with E-state index < -0.39 is 0 Å². The molecule has 7 aliphatic carbocycles. The molecule has 0 amide bonds. The molecule has 13 heteroatoms. The van der Waals surface area contributed by atoms with Crippen LogP contribution in [0.5, 0.6) is 34.5 Å². The van der Waals surface area contributed by atoms with Crippen LogP contribution < -0.4 is 55.0 Å². The first-order valence-corrected chi connectivity index (χ1v) is 59.0. The Balaban J connectivity index is 0.000000150. The molecular formula is C137H191N7O6. The van der Waals surface area contributed by atoms with Crippen molar-refractivity contribution in [3.8, 4) is 34.5 Å². The average Bonchev–Trinajstić information content (AvgIpc) is 0.874. The van der Waals surface area contributed by atoms with Crippen molar-refractivity contribution in [3.63, 3.8) is 0 Å². The van der Waals surface area contributed by atoms with Gasteiger partial charge in [0.1, 0.15) is 34.5 Å². The molecule has 18 rings (SSSR count). The minimum absolute atomic E-state index is 0.355. The van der Waals surface area contributed by atoms with Crippen molar-refractivity contribution >= 4 is 5.69 Å². The Bertz CT molecular complexity index is 5200. The summed E-state index contributed by atoms with van der Waals surface area (Å²) in [6.45, 7) is 38.7. The molecule has 18 unspecified atom stereocenters. The van der Waals surface area contributed by atoms with E-state index in [9.17, 15) is 0 Å². The number of pyridine rings is 2. The first kappa shape index (κ1) is 117. The first-order valence-electron chi connectivity index (χ1n) is 59.0. The summed E-state index contributed by atoms with van der Waals surface area (Å²) in [5.41, 5.74) is 15.4. The van der Waals surface area contributed by atoms with Crippen molar-refractivity contribution < 1.29 is 28.4 Å². The van der Waals surface area contributed by atoms with Crippen LogP contribution in [0.4, 0.5) is 5.69 Å². The van der Waals surface area contributed by atoms with Gasteiger partial charge in [0.2, 0.25) is 0 Å². The maximum absolute atomic E-state index is 6.30. The van der Waals surface area contributed by atoms with Crippen LogP contribution in [0, 0.1) is 125 Å². The third-order valence-electron chi connectivity index (χ3n) is 33.5. The smallest absolute Gasteiger partial charge is 0.119 e. The summed E-state index contributed by atoms with van der Waals surface area (Å²) in [4.78, 5) is 8.43. The largest absolute Gasteiger partial charge is 0.490 e. The van der Waals surface area contributed by atoms with E-state index in [0.29, 0.717) is 60.3 Å². The molecule has 11 aromatic rings. The number of ether oxygens (including phenoxy) is 6. The van der Waals surface area contributed by atoms with Crippen molar-refractivity contribution in [1.29, 1.82) is 0 Å². The molecule has 150 heavy (non-hydrogen) atoms. The lowest BCUT2D eigenvalue weighted by atomic mass is 9.77. The molecule has 0 aliphatic heterocycles. The number of benzene rings is 9. The lowest BCUT2D eigenvalue weighted by Gasteiger charge is -2.33. The van der Waals surface area contributed by atoms with E-state index in [-0.39, 0.29) is 0 Å². The Morgan fingerprint density at radius 2 is 0.573 bits per heavy atom. The maximum atomic E-state index is 6.30. The van der Waals surface area contributed by atoms with Gasteiger partial charge >= 0.3 is 0 Å². The van der Waals surface area contributed by atoms with Gasteiger partial charge in [0, 0.05) is 50.5 Å². The van der Waals surface area contributed by atoms with Gasteiger partial charge in [-0.1, -0.05) is 237 Å². The van der Waals surface area contributed by atoms with Crippen molar-refractivity contribution in [3.05, 3.63) is 341 Å². The van der Waals surface area contributed by atoms with Gasteiger partial charge < -0.3 is 55.0 Å². The van der Waals surface area contributed by atoms with Gasteiger partial charge in [0.15, 0.2) is 0 Å². The number of aryl methyl sites for hydroxylation is 8. The highest BCUT2D eigenvalue weighted by molar-refractivity contribution is 5.41. The second-order valence-corrected chi connectivity index (χ2v) is 46.6. The third kappa shape index (κ3) is 43.7. The van der Waals surface area contributed by atoms with E-state index >= 15 is 0 Å². The number of nitrogens with zero attached hydrogens (tertiary/aromatic N) is 2. The highest BCUT2D eigenvalue weighted by Gasteiger charge is 2.34. The summed E-state index contributed by atoms with van der Waals surface area (Å²) in [5, 5.41) is 18.1. The molecule has 7 fully saturated rings. The number of aromatic nitrogens is 2. The van der Waals surface area contributed by atoms with Crippen LogP contribution >= 0.6 is 0 Å². The maximum Gasteiger partial charge on any atom is 0.119 e. The van der Waals surface area contributed by atoms with Crippen LogP contribution in [0.2, 0.25) is 0 Å². The van der Waals surface area contributed by atoms with Gasteiger partial charge in [-0.05, 0) is 485 Å². The molecule has 0 radical (unpaired) electrons. The quantitative estimate of drug-likeness (QED) is 0.0248. The number of hydrogen-bond donors (Lipinski definition) is 5. The Morgan fingerprint density at radius 1 is 0.260 bits per heavy atom. The van der Waals surface area contributed by atoms with E-state index in [1.165, 1.54) is 268 Å². The van der Waals surface area contributed by atoms with Crippen LogP contribution in [0.1, 0.15) is 302 Å². The van der Waals surface area contributed by atoms with Crippen LogP contribution in [-0.4, -0.2) is 85.9 Å². The zero-order chi connectivity index (χ0) is 105. The number of hydrogen-bond acceptors (Lipinski definition) is 13. The fourth-order valence-electron chi connectivity index (χ4n) is 24.2. The molecule has 0 saturated heterocycles. The Morgan fingerprint density at radius 3 is 0.900 bits per heavy atom. The third-order valence-corrected chi connectivity index (χ3v) is 33.5. The molecule has 0 bridgehead atoms. The van der Waals surface area contributed by atoms with Gasteiger partial charge in [-0.25, -0.2) is 0 Å². The van der Waals surface area contributed by atoms with Gasteiger partial charge in [-0.2, -0.15) is 0 Å². The second kappa shape index (κ2) is 65.3. The normalized spacial score (nSPS) is 22.4. The number of nitrogens with one attached hydrogen (secondary N) is 5. The predicted molar refractivity (Wildman–Crippen MR) is 629 cm³/mol. The van der Waals surface area contributed by atoms with E-state index in [1.807, 2.05) is 42.9 Å². The topological polar surface area (TPSA) is 141 Å². The van der Waals surface area contributed by atoms with Crippen molar-refractivity contribution in [2.75, 3.05) is 44.6 Å². The fourth-order valence-corrected chi connectivity index (χ4v) is 24.2. The van der Waals surface area contributed by atoms with Gasteiger partial charge in [-0.15, -0.1) is 0 Å². The van der Waals surface area contributed by atoms with Crippen molar-refractivity contribution in [2.24, 2.45) is 76.9 Å². The zero-order valence-electron chi connectivity index (χ0n) is 94.4. The van der Waals surface area contributed by atoms with Crippen LogP contribution in [0.3, 0.4) is 0 Å². The molecule has 5 N–H and O–H groups in total.